The molecule has 134 valence electrons. The van der Waals surface area contributed by atoms with Crippen LogP contribution in [0.4, 0.5) is 0 Å². The van der Waals surface area contributed by atoms with Crippen molar-refractivity contribution in [2.24, 2.45) is 0 Å². The molecule has 2 heterocycles. The topological polar surface area (TPSA) is 76.4 Å². The molecule has 0 radical (unpaired) electrons. The Kier molecular flexibility index (Phi) is 5.71. The van der Waals surface area contributed by atoms with Gasteiger partial charge in [0.1, 0.15) is 18.1 Å². The van der Waals surface area contributed by atoms with Gasteiger partial charge in [-0.1, -0.05) is 17.3 Å². The van der Waals surface area contributed by atoms with Crippen molar-refractivity contribution in [1.29, 1.82) is 0 Å². The zero-order chi connectivity index (χ0) is 17.6. The standard InChI is InChI=1S/C19H25N3O3/c1-13-18(14(2)25-22-13)12-24-17-5-3-15(4-6-17)11-19(23)21-16-7-9-20-10-8-16/h3-6,16,20H,7-12H2,1-2H3,(H,21,23). The van der Waals surface area contributed by atoms with Crippen LogP contribution in [0.25, 0.3) is 0 Å². The molecule has 1 saturated heterocycles. The van der Waals surface area contributed by atoms with Crippen LogP contribution in [0.2, 0.25) is 0 Å². The summed E-state index contributed by atoms with van der Waals surface area (Å²) in [5.41, 5.74) is 2.81. The highest BCUT2D eigenvalue weighted by Crippen LogP contribution is 2.18. The molecule has 3 rings (SSSR count). The van der Waals surface area contributed by atoms with E-state index >= 15 is 0 Å². The lowest BCUT2D eigenvalue weighted by Gasteiger charge is -2.23. The van der Waals surface area contributed by atoms with Gasteiger partial charge in [0.2, 0.25) is 5.91 Å². The molecule has 1 amide bonds. The molecule has 6 nitrogen and oxygen atoms in total. The Hall–Kier alpha value is -2.34. The van der Waals surface area contributed by atoms with Crippen molar-refractivity contribution in [3.05, 3.63) is 46.8 Å². The second-order valence-electron chi connectivity index (χ2n) is 6.50. The van der Waals surface area contributed by atoms with E-state index in [4.69, 9.17) is 9.26 Å². The number of aromatic nitrogens is 1. The molecule has 0 atom stereocenters. The smallest absolute Gasteiger partial charge is 0.224 e. The Labute approximate surface area is 147 Å². The molecule has 2 N–H and O–H groups in total. The average Bonchev–Trinajstić information content (AvgIpc) is 2.93. The number of benzene rings is 1. The monoisotopic (exact) mass is 343 g/mol. The second-order valence-corrected chi connectivity index (χ2v) is 6.50. The second kappa shape index (κ2) is 8.16. The first kappa shape index (κ1) is 17.5. The number of aryl methyl sites for hydroxylation is 2. The minimum atomic E-state index is 0.0799. The highest BCUT2D eigenvalue weighted by atomic mass is 16.5. The Morgan fingerprint density at radius 1 is 1.28 bits per heavy atom. The number of ether oxygens (including phenoxy) is 1. The molecule has 0 spiro atoms. The molecule has 0 aliphatic carbocycles. The molecular formula is C19H25N3O3. The summed E-state index contributed by atoms with van der Waals surface area (Å²) >= 11 is 0. The zero-order valence-corrected chi connectivity index (χ0v) is 14.8. The number of piperidine rings is 1. The van der Waals surface area contributed by atoms with Crippen LogP contribution in [0.5, 0.6) is 5.75 Å². The molecule has 0 bridgehead atoms. The highest BCUT2D eigenvalue weighted by molar-refractivity contribution is 5.78. The number of nitrogens with zero attached hydrogens (tertiary/aromatic N) is 1. The average molecular weight is 343 g/mol. The van der Waals surface area contributed by atoms with Crippen molar-refractivity contribution >= 4 is 5.91 Å². The first-order valence-corrected chi connectivity index (χ1v) is 8.75. The lowest BCUT2D eigenvalue weighted by molar-refractivity contribution is -0.121. The summed E-state index contributed by atoms with van der Waals surface area (Å²) in [5, 5.41) is 10.3. The number of amides is 1. The van der Waals surface area contributed by atoms with Crippen molar-refractivity contribution in [3.63, 3.8) is 0 Å². The van der Waals surface area contributed by atoms with Gasteiger partial charge in [0.25, 0.3) is 0 Å². The summed E-state index contributed by atoms with van der Waals surface area (Å²) in [6.45, 7) is 6.16. The van der Waals surface area contributed by atoms with E-state index in [1.165, 1.54) is 0 Å². The van der Waals surface area contributed by atoms with Crippen LogP contribution >= 0.6 is 0 Å². The van der Waals surface area contributed by atoms with Gasteiger partial charge in [-0.3, -0.25) is 4.79 Å². The van der Waals surface area contributed by atoms with Gasteiger partial charge in [-0.2, -0.15) is 0 Å². The van der Waals surface area contributed by atoms with Crippen molar-refractivity contribution in [2.75, 3.05) is 13.1 Å². The zero-order valence-electron chi connectivity index (χ0n) is 14.8. The third kappa shape index (κ3) is 4.82. The molecule has 25 heavy (non-hydrogen) atoms. The third-order valence-corrected chi connectivity index (χ3v) is 4.56. The number of carbonyl (C=O) groups excluding carboxylic acids is 1. The molecule has 1 aromatic heterocycles. The van der Waals surface area contributed by atoms with E-state index < -0.39 is 0 Å². The lowest BCUT2D eigenvalue weighted by atomic mass is 10.1. The van der Waals surface area contributed by atoms with E-state index in [-0.39, 0.29) is 5.91 Å². The van der Waals surface area contributed by atoms with Crippen LogP contribution in [-0.4, -0.2) is 30.2 Å². The van der Waals surface area contributed by atoms with E-state index in [9.17, 15) is 4.79 Å². The molecule has 1 aliphatic rings. The van der Waals surface area contributed by atoms with Crippen LogP contribution < -0.4 is 15.4 Å². The van der Waals surface area contributed by atoms with E-state index in [2.05, 4.69) is 15.8 Å². The fourth-order valence-electron chi connectivity index (χ4n) is 3.00. The fraction of sp³-hybridized carbons (Fsp3) is 0.474. The minimum absolute atomic E-state index is 0.0799. The van der Waals surface area contributed by atoms with Gasteiger partial charge in [0.15, 0.2) is 0 Å². The normalized spacial score (nSPS) is 15.1. The van der Waals surface area contributed by atoms with Gasteiger partial charge in [0, 0.05) is 6.04 Å². The summed E-state index contributed by atoms with van der Waals surface area (Å²) in [5.74, 6) is 1.63. The van der Waals surface area contributed by atoms with Crippen LogP contribution in [0.1, 0.15) is 35.4 Å². The predicted octanol–water partition coefficient (Wildman–Crippen LogP) is 2.28. The van der Waals surface area contributed by atoms with Gasteiger partial charge in [-0.05, 0) is 57.5 Å². The largest absolute Gasteiger partial charge is 0.489 e. The van der Waals surface area contributed by atoms with E-state index in [0.717, 1.165) is 54.3 Å². The van der Waals surface area contributed by atoms with Crippen molar-refractivity contribution in [1.82, 2.24) is 15.8 Å². The minimum Gasteiger partial charge on any atom is -0.489 e. The number of rotatable bonds is 6. The summed E-state index contributed by atoms with van der Waals surface area (Å²) in [6.07, 6.45) is 2.40. The molecule has 1 aromatic carbocycles. The van der Waals surface area contributed by atoms with E-state index in [1.54, 1.807) is 0 Å². The van der Waals surface area contributed by atoms with Crippen LogP contribution in [0, 0.1) is 13.8 Å². The molecule has 2 aromatic rings. The molecule has 6 heteroatoms. The summed E-state index contributed by atoms with van der Waals surface area (Å²) in [4.78, 5) is 12.1. The molecular weight excluding hydrogens is 318 g/mol. The van der Waals surface area contributed by atoms with Gasteiger partial charge >= 0.3 is 0 Å². The molecule has 0 saturated carbocycles. The number of nitrogens with one attached hydrogen (secondary N) is 2. The van der Waals surface area contributed by atoms with Crippen LogP contribution in [0.3, 0.4) is 0 Å². The Balaban J connectivity index is 1.49. The SMILES string of the molecule is Cc1noc(C)c1COc1ccc(CC(=O)NC2CCNCC2)cc1. The highest BCUT2D eigenvalue weighted by Gasteiger charge is 2.15. The first-order valence-electron chi connectivity index (χ1n) is 8.75. The van der Waals surface area contributed by atoms with Gasteiger partial charge in [-0.15, -0.1) is 0 Å². The van der Waals surface area contributed by atoms with Crippen LogP contribution in [-0.2, 0) is 17.8 Å². The Morgan fingerprint density at radius 3 is 2.64 bits per heavy atom. The number of carbonyl (C=O) groups is 1. The predicted molar refractivity (Wildman–Crippen MR) is 94.5 cm³/mol. The summed E-state index contributed by atoms with van der Waals surface area (Å²) in [7, 11) is 0. The quantitative estimate of drug-likeness (QED) is 0.841. The van der Waals surface area contributed by atoms with Gasteiger partial charge < -0.3 is 19.9 Å². The first-order chi connectivity index (χ1) is 12.1. The molecule has 1 aliphatic heterocycles. The lowest BCUT2D eigenvalue weighted by Crippen LogP contribution is -2.43. The van der Waals surface area contributed by atoms with Crippen LogP contribution in [0.15, 0.2) is 28.8 Å². The van der Waals surface area contributed by atoms with Crippen molar-refractivity contribution < 1.29 is 14.1 Å². The fourth-order valence-corrected chi connectivity index (χ4v) is 3.00. The maximum atomic E-state index is 12.1. The number of hydrogen-bond donors (Lipinski definition) is 2. The maximum Gasteiger partial charge on any atom is 0.224 e. The maximum absolute atomic E-state index is 12.1. The van der Waals surface area contributed by atoms with E-state index in [1.807, 2.05) is 38.1 Å². The van der Waals surface area contributed by atoms with Gasteiger partial charge in [0.05, 0.1) is 17.7 Å². The third-order valence-electron chi connectivity index (χ3n) is 4.56. The Bertz CT molecular complexity index is 684. The number of hydrogen-bond acceptors (Lipinski definition) is 5. The van der Waals surface area contributed by atoms with Crippen molar-refractivity contribution in [3.8, 4) is 5.75 Å². The molecule has 0 unspecified atom stereocenters. The van der Waals surface area contributed by atoms with Gasteiger partial charge in [-0.25, -0.2) is 0 Å². The Morgan fingerprint density at radius 2 is 2.00 bits per heavy atom. The van der Waals surface area contributed by atoms with E-state index in [0.29, 0.717) is 19.1 Å². The summed E-state index contributed by atoms with van der Waals surface area (Å²) < 4.78 is 10.9. The van der Waals surface area contributed by atoms with Crippen molar-refractivity contribution in [2.45, 2.75) is 45.8 Å². The molecule has 1 fully saturated rings. The summed E-state index contributed by atoms with van der Waals surface area (Å²) in [6, 6.07) is 7.96.